The van der Waals surface area contributed by atoms with Gasteiger partial charge in [0.1, 0.15) is 5.82 Å². The van der Waals surface area contributed by atoms with Gasteiger partial charge in [0.05, 0.1) is 16.0 Å². The van der Waals surface area contributed by atoms with E-state index in [0.29, 0.717) is 23.8 Å². The second-order valence-electron chi connectivity index (χ2n) is 7.51. The quantitative estimate of drug-likeness (QED) is 0.268. The van der Waals surface area contributed by atoms with Crippen molar-refractivity contribution in [2.45, 2.75) is 13.3 Å². The Morgan fingerprint density at radius 3 is 2.09 bits per heavy atom. The second-order valence-corrected chi connectivity index (χ2v) is 8.59. The number of carbonyl (C=O) groups is 2. The standard InChI is InChI=1S/C26H21N3O4S/c1-3-4-20-15(2)27-24(29-23(20)28-19-11-9-18(10-12-19)26(32)33)22-14-13-21(34-22)16-5-7-17(8-6-16)25(30)31/h3,5-14H,1,4H2,2H3,(H,30,31)(H,32,33)(H,27,28,29). The third-order valence-electron chi connectivity index (χ3n) is 5.20. The molecule has 4 rings (SSSR count). The lowest BCUT2D eigenvalue weighted by Gasteiger charge is -2.14. The van der Waals surface area contributed by atoms with Gasteiger partial charge in [-0.1, -0.05) is 18.2 Å². The smallest absolute Gasteiger partial charge is 0.335 e. The van der Waals surface area contributed by atoms with Crippen LogP contribution < -0.4 is 5.32 Å². The zero-order chi connectivity index (χ0) is 24.2. The van der Waals surface area contributed by atoms with Crippen LogP contribution in [0.2, 0.25) is 0 Å². The molecule has 2 heterocycles. The number of carboxylic acid groups (broad SMARTS) is 2. The third-order valence-corrected chi connectivity index (χ3v) is 6.33. The molecule has 2 aromatic carbocycles. The molecule has 0 spiro atoms. The highest BCUT2D eigenvalue weighted by Gasteiger charge is 2.15. The first-order chi connectivity index (χ1) is 16.4. The molecule has 0 saturated carbocycles. The van der Waals surface area contributed by atoms with Crippen molar-refractivity contribution in [1.82, 2.24) is 9.97 Å². The molecule has 8 heteroatoms. The van der Waals surface area contributed by atoms with Crippen LogP contribution in [0.15, 0.2) is 73.3 Å². The van der Waals surface area contributed by atoms with E-state index in [9.17, 15) is 9.59 Å². The Balaban J connectivity index is 1.67. The SMILES string of the molecule is C=CCc1c(C)nc(-c2ccc(-c3ccc(C(=O)O)cc3)s2)nc1Nc1ccc(C(=O)O)cc1. The van der Waals surface area contributed by atoms with Crippen LogP contribution in [0.3, 0.4) is 0 Å². The van der Waals surface area contributed by atoms with E-state index in [-0.39, 0.29) is 11.1 Å². The molecule has 0 aliphatic heterocycles. The average molecular weight is 472 g/mol. The molecule has 4 aromatic rings. The number of aromatic carboxylic acids is 2. The lowest BCUT2D eigenvalue weighted by Crippen LogP contribution is -2.05. The molecule has 7 nitrogen and oxygen atoms in total. The summed E-state index contributed by atoms with van der Waals surface area (Å²) in [6, 6.07) is 17.1. The van der Waals surface area contributed by atoms with Crippen molar-refractivity contribution in [1.29, 1.82) is 0 Å². The van der Waals surface area contributed by atoms with Crippen LogP contribution in [-0.4, -0.2) is 32.1 Å². The Morgan fingerprint density at radius 2 is 1.50 bits per heavy atom. The fourth-order valence-electron chi connectivity index (χ4n) is 3.42. The number of thiophene rings is 1. The van der Waals surface area contributed by atoms with Gasteiger partial charge >= 0.3 is 11.9 Å². The summed E-state index contributed by atoms with van der Waals surface area (Å²) in [5.74, 6) is -0.746. The van der Waals surface area contributed by atoms with E-state index in [1.807, 2.05) is 19.1 Å². The van der Waals surface area contributed by atoms with Crippen LogP contribution in [0.1, 0.15) is 32.0 Å². The van der Waals surface area contributed by atoms with E-state index in [4.69, 9.17) is 20.2 Å². The highest BCUT2D eigenvalue weighted by molar-refractivity contribution is 7.18. The maximum absolute atomic E-state index is 11.1. The molecule has 0 unspecified atom stereocenters. The van der Waals surface area contributed by atoms with E-state index in [1.54, 1.807) is 42.5 Å². The van der Waals surface area contributed by atoms with Crippen molar-refractivity contribution in [3.8, 4) is 21.1 Å². The number of rotatable bonds is 8. The Kier molecular flexibility index (Phi) is 6.51. The summed E-state index contributed by atoms with van der Waals surface area (Å²) in [6.45, 7) is 5.75. The predicted molar refractivity (Wildman–Crippen MR) is 133 cm³/mol. The third kappa shape index (κ3) is 4.87. The molecule has 0 fully saturated rings. The van der Waals surface area contributed by atoms with Crippen LogP contribution >= 0.6 is 11.3 Å². The number of aromatic nitrogens is 2. The first-order valence-corrected chi connectivity index (χ1v) is 11.2. The summed E-state index contributed by atoms with van der Waals surface area (Å²) in [4.78, 5) is 33.5. The molecular weight excluding hydrogens is 450 g/mol. The van der Waals surface area contributed by atoms with Crippen LogP contribution in [-0.2, 0) is 6.42 Å². The zero-order valence-electron chi connectivity index (χ0n) is 18.3. The summed E-state index contributed by atoms with van der Waals surface area (Å²) in [5.41, 5.74) is 3.80. The Bertz CT molecular complexity index is 1380. The van der Waals surface area contributed by atoms with E-state index >= 15 is 0 Å². The van der Waals surface area contributed by atoms with Gasteiger partial charge in [-0.3, -0.25) is 0 Å². The van der Waals surface area contributed by atoms with Gasteiger partial charge in [0.2, 0.25) is 0 Å². The first kappa shape index (κ1) is 22.9. The number of allylic oxidation sites excluding steroid dienone is 1. The fourth-order valence-corrected chi connectivity index (χ4v) is 4.37. The molecule has 0 bridgehead atoms. The molecule has 0 saturated heterocycles. The number of nitrogens with one attached hydrogen (secondary N) is 1. The minimum absolute atomic E-state index is 0.207. The van der Waals surface area contributed by atoms with Crippen molar-refractivity contribution < 1.29 is 19.8 Å². The Hall–Kier alpha value is -4.30. The van der Waals surface area contributed by atoms with E-state index in [2.05, 4.69) is 11.9 Å². The Morgan fingerprint density at radius 1 is 0.912 bits per heavy atom. The zero-order valence-corrected chi connectivity index (χ0v) is 19.1. The summed E-state index contributed by atoms with van der Waals surface area (Å²) >= 11 is 1.52. The van der Waals surface area contributed by atoms with Gasteiger partial charge in [-0.05, 0) is 67.4 Å². The minimum atomic E-state index is -0.981. The molecule has 34 heavy (non-hydrogen) atoms. The predicted octanol–water partition coefficient (Wildman–Crippen LogP) is 6.05. The summed E-state index contributed by atoms with van der Waals surface area (Å²) < 4.78 is 0. The van der Waals surface area contributed by atoms with Crippen molar-refractivity contribution in [3.63, 3.8) is 0 Å². The number of aryl methyl sites for hydroxylation is 1. The van der Waals surface area contributed by atoms with Gasteiger partial charge in [-0.25, -0.2) is 19.6 Å². The van der Waals surface area contributed by atoms with Crippen molar-refractivity contribution in [3.05, 3.63) is 95.7 Å². The molecule has 0 aliphatic carbocycles. The van der Waals surface area contributed by atoms with Crippen LogP contribution in [0, 0.1) is 6.92 Å². The molecule has 0 amide bonds. The van der Waals surface area contributed by atoms with Gasteiger partial charge in [0.25, 0.3) is 0 Å². The van der Waals surface area contributed by atoms with Crippen molar-refractivity contribution >= 4 is 34.8 Å². The van der Waals surface area contributed by atoms with Crippen LogP contribution in [0.5, 0.6) is 0 Å². The highest BCUT2D eigenvalue weighted by Crippen LogP contribution is 2.35. The van der Waals surface area contributed by atoms with E-state index < -0.39 is 11.9 Å². The number of benzene rings is 2. The lowest BCUT2D eigenvalue weighted by atomic mass is 10.1. The number of nitrogens with zero attached hydrogens (tertiary/aromatic N) is 2. The highest BCUT2D eigenvalue weighted by atomic mass is 32.1. The van der Waals surface area contributed by atoms with Crippen LogP contribution in [0.25, 0.3) is 21.1 Å². The number of anilines is 2. The number of carboxylic acids is 2. The summed E-state index contributed by atoms with van der Waals surface area (Å²) in [5, 5.41) is 21.5. The van der Waals surface area contributed by atoms with Gasteiger partial charge in [-0.2, -0.15) is 0 Å². The normalized spacial score (nSPS) is 10.6. The van der Waals surface area contributed by atoms with Gasteiger partial charge in [-0.15, -0.1) is 17.9 Å². The van der Waals surface area contributed by atoms with Crippen LogP contribution in [0.4, 0.5) is 11.5 Å². The van der Waals surface area contributed by atoms with Crippen molar-refractivity contribution in [2.24, 2.45) is 0 Å². The Labute approximate surface area is 200 Å². The molecule has 0 atom stereocenters. The maximum atomic E-state index is 11.1. The molecule has 0 aliphatic rings. The van der Waals surface area contributed by atoms with Gasteiger partial charge < -0.3 is 15.5 Å². The van der Waals surface area contributed by atoms with E-state index in [0.717, 1.165) is 26.6 Å². The topological polar surface area (TPSA) is 112 Å². The molecule has 3 N–H and O–H groups in total. The largest absolute Gasteiger partial charge is 0.478 e. The van der Waals surface area contributed by atoms with Crippen molar-refractivity contribution in [2.75, 3.05) is 5.32 Å². The monoisotopic (exact) mass is 471 g/mol. The molecule has 0 radical (unpaired) electrons. The fraction of sp³-hybridized carbons (Fsp3) is 0.0769. The molecule has 2 aromatic heterocycles. The summed E-state index contributed by atoms with van der Waals surface area (Å²) in [6.07, 6.45) is 2.36. The lowest BCUT2D eigenvalue weighted by molar-refractivity contribution is 0.0686. The molecule has 170 valence electrons. The first-order valence-electron chi connectivity index (χ1n) is 10.4. The number of hydrogen-bond donors (Lipinski definition) is 3. The second kappa shape index (κ2) is 9.68. The summed E-state index contributed by atoms with van der Waals surface area (Å²) in [7, 11) is 0. The van der Waals surface area contributed by atoms with Gasteiger partial charge in [0, 0.05) is 21.8 Å². The van der Waals surface area contributed by atoms with E-state index in [1.165, 1.54) is 23.5 Å². The minimum Gasteiger partial charge on any atom is -0.478 e. The van der Waals surface area contributed by atoms with Gasteiger partial charge in [0.15, 0.2) is 5.82 Å². The maximum Gasteiger partial charge on any atom is 0.335 e. The number of hydrogen-bond acceptors (Lipinski definition) is 6. The average Bonchev–Trinajstić information content (AvgIpc) is 3.32. The molecular formula is C26H21N3O4S.